The quantitative estimate of drug-likeness (QED) is 0.711. The molecule has 0 fully saturated rings. The maximum Gasteiger partial charge on any atom is 0.254 e. The van der Waals surface area contributed by atoms with E-state index < -0.39 is 0 Å². The van der Waals surface area contributed by atoms with Gasteiger partial charge >= 0.3 is 0 Å². The molecule has 2 N–H and O–H groups in total. The van der Waals surface area contributed by atoms with E-state index in [4.69, 9.17) is 4.74 Å². The lowest BCUT2D eigenvalue weighted by Crippen LogP contribution is -2.32. The average molecular weight is 209 g/mol. The highest BCUT2D eigenvalue weighted by Gasteiger charge is 2.14. The smallest absolute Gasteiger partial charge is 0.254 e. The molecule has 1 aromatic rings. The highest BCUT2D eigenvalue weighted by molar-refractivity contribution is 5.20. The van der Waals surface area contributed by atoms with Gasteiger partial charge in [0.2, 0.25) is 0 Å². The molecule has 0 unspecified atom stereocenters. The zero-order valence-corrected chi connectivity index (χ0v) is 8.80. The van der Waals surface area contributed by atoms with E-state index in [0.29, 0.717) is 25.4 Å². The highest BCUT2D eigenvalue weighted by Crippen LogP contribution is 2.06. The number of aromatic amines is 1. The van der Waals surface area contributed by atoms with E-state index in [0.717, 1.165) is 24.2 Å². The number of nitrogens with zero attached hydrogens (tertiary/aromatic N) is 1. The van der Waals surface area contributed by atoms with Gasteiger partial charge in [-0.3, -0.25) is 4.79 Å². The third-order valence-corrected chi connectivity index (χ3v) is 2.54. The number of methoxy groups -OCH3 is 1. The van der Waals surface area contributed by atoms with Crippen molar-refractivity contribution in [3.63, 3.8) is 0 Å². The molecule has 0 saturated heterocycles. The monoisotopic (exact) mass is 209 g/mol. The summed E-state index contributed by atoms with van der Waals surface area (Å²) >= 11 is 0. The lowest BCUT2D eigenvalue weighted by Gasteiger charge is -2.15. The van der Waals surface area contributed by atoms with Crippen LogP contribution in [0, 0.1) is 0 Å². The second-order valence-electron chi connectivity index (χ2n) is 3.61. The predicted octanol–water partition coefficient (Wildman–Crippen LogP) is -0.395. The van der Waals surface area contributed by atoms with Crippen molar-refractivity contribution in [2.24, 2.45) is 0 Å². The predicted molar refractivity (Wildman–Crippen MR) is 55.8 cm³/mol. The van der Waals surface area contributed by atoms with Crippen LogP contribution in [0.15, 0.2) is 4.79 Å². The van der Waals surface area contributed by atoms with Crippen molar-refractivity contribution >= 4 is 0 Å². The molecule has 2 rings (SSSR count). The van der Waals surface area contributed by atoms with Gasteiger partial charge in [0, 0.05) is 25.6 Å². The Bertz CT molecular complexity index is 400. The Hall–Kier alpha value is -1.20. The van der Waals surface area contributed by atoms with Crippen molar-refractivity contribution in [3.8, 4) is 0 Å². The number of hydrogen-bond acceptors (Lipinski definition) is 4. The molecule has 82 valence electrons. The van der Waals surface area contributed by atoms with Gasteiger partial charge in [-0.25, -0.2) is 4.98 Å². The number of hydrogen-bond donors (Lipinski definition) is 2. The highest BCUT2D eigenvalue weighted by atomic mass is 16.5. The van der Waals surface area contributed by atoms with Gasteiger partial charge in [-0.15, -0.1) is 0 Å². The molecule has 0 atom stereocenters. The van der Waals surface area contributed by atoms with Gasteiger partial charge in [-0.1, -0.05) is 0 Å². The van der Waals surface area contributed by atoms with Crippen molar-refractivity contribution in [2.45, 2.75) is 19.4 Å². The molecule has 0 bridgehead atoms. The number of fused-ring (bicyclic) bond motifs is 1. The summed E-state index contributed by atoms with van der Waals surface area (Å²) in [5.41, 5.74) is 1.72. The van der Waals surface area contributed by atoms with Crippen LogP contribution in [0.25, 0.3) is 0 Å². The summed E-state index contributed by atoms with van der Waals surface area (Å²) in [4.78, 5) is 18.9. The standard InChI is InChI=1S/C10H15N3O2/c1-15-5-3-9-12-8-6-11-4-2-7(8)10(14)13-9/h11H,2-6H2,1H3,(H,12,13,14). The molecule has 5 heteroatoms. The van der Waals surface area contributed by atoms with Crippen LogP contribution in [-0.2, 0) is 24.1 Å². The molecule has 0 amide bonds. The third-order valence-electron chi connectivity index (χ3n) is 2.54. The second kappa shape index (κ2) is 4.55. The Morgan fingerprint density at radius 3 is 3.20 bits per heavy atom. The Balaban J connectivity index is 2.28. The fraction of sp³-hybridized carbons (Fsp3) is 0.600. The number of H-pyrrole nitrogens is 1. The molecule has 0 aliphatic carbocycles. The van der Waals surface area contributed by atoms with E-state index in [-0.39, 0.29) is 5.56 Å². The summed E-state index contributed by atoms with van der Waals surface area (Å²) < 4.78 is 4.95. The molecule has 0 aromatic carbocycles. The van der Waals surface area contributed by atoms with Crippen LogP contribution >= 0.6 is 0 Å². The minimum absolute atomic E-state index is 0.00704. The maximum atomic E-state index is 11.7. The van der Waals surface area contributed by atoms with Gasteiger partial charge < -0.3 is 15.0 Å². The molecule has 0 saturated carbocycles. The van der Waals surface area contributed by atoms with E-state index in [1.165, 1.54) is 0 Å². The van der Waals surface area contributed by atoms with Crippen LogP contribution in [0.5, 0.6) is 0 Å². The minimum Gasteiger partial charge on any atom is -0.384 e. The molecule has 1 aliphatic rings. The summed E-state index contributed by atoms with van der Waals surface area (Å²) in [6, 6.07) is 0. The van der Waals surface area contributed by atoms with Crippen molar-refractivity contribution in [1.29, 1.82) is 0 Å². The first kappa shape index (κ1) is 10.3. The summed E-state index contributed by atoms with van der Waals surface area (Å²) in [5, 5.41) is 3.20. The fourth-order valence-electron chi connectivity index (χ4n) is 1.74. The fourth-order valence-corrected chi connectivity index (χ4v) is 1.74. The van der Waals surface area contributed by atoms with Crippen molar-refractivity contribution in [1.82, 2.24) is 15.3 Å². The Morgan fingerprint density at radius 1 is 1.53 bits per heavy atom. The van der Waals surface area contributed by atoms with Crippen molar-refractivity contribution in [2.75, 3.05) is 20.3 Å². The first-order valence-electron chi connectivity index (χ1n) is 5.12. The normalized spacial score (nSPS) is 15.0. The Morgan fingerprint density at radius 2 is 2.40 bits per heavy atom. The molecule has 2 heterocycles. The topological polar surface area (TPSA) is 67.0 Å². The molecule has 0 radical (unpaired) electrons. The number of rotatable bonds is 3. The Labute approximate surface area is 87.9 Å². The lowest BCUT2D eigenvalue weighted by molar-refractivity contribution is 0.200. The number of aromatic nitrogens is 2. The van der Waals surface area contributed by atoms with Gasteiger partial charge in [0.1, 0.15) is 5.82 Å². The van der Waals surface area contributed by atoms with Crippen LogP contribution in [0.1, 0.15) is 17.1 Å². The summed E-state index contributed by atoms with van der Waals surface area (Å²) in [7, 11) is 1.64. The van der Waals surface area contributed by atoms with Crippen LogP contribution in [0.3, 0.4) is 0 Å². The van der Waals surface area contributed by atoms with Gasteiger partial charge in [0.25, 0.3) is 5.56 Å². The first-order valence-corrected chi connectivity index (χ1v) is 5.12. The molecule has 5 nitrogen and oxygen atoms in total. The van der Waals surface area contributed by atoms with E-state index in [9.17, 15) is 4.79 Å². The SMILES string of the molecule is COCCc1nc2c(c(=O)[nH]1)CCNC2. The zero-order valence-electron chi connectivity index (χ0n) is 8.80. The lowest BCUT2D eigenvalue weighted by atomic mass is 10.1. The molecular weight excluding hydrogens is 194 g/mol. The van der Waals surface area contributed by atoms with Gasteiger partial charge in [0.15, 0.2) is 0 Å². The molecular formula is C10H15N3O2. The van der Waals surface area contributed by atoms with Gasteiger partial charge in [-0.2, -0.15) is 0 Å². The molecule has 15 heavy (non-hydrogen) atoms. The Kier molecular flexibility index (Phi) is 3.13. The number of ether oxygens (including phenoxy) is 1. The van der Waals surface area contributed by atoms with Crippen LogP contribution in [0.4, 0.5) is 0 Å². The van der Waals surface area contributed by atoms with Crippen molar-refractivity contribution in [3.05, 3.63) is 27.4 Å². The first-order chi connectivity index (χ1) is 7.31. The summed E-state index contributed by atoms with van der Waals surface area (Å²) in [5.74, 6) is 0.712. The average Bonchev–Trinajstić information content (AvgIpc) is 2.26. The van der Waals surface area contributed by atoms with Gasteiger partial charge in [0.05, 0.1) is 12.3 Å². The van der Waals surface area contributed by atoms with Gasteiger partial charge in [-0.05, 0) is 13.0 Å². The van der Waals surface area contributed by atoms with E-state index in [1.54, 1.807) is 7.11 Å². The number of nitrogens with one attached hydrogen (secondary N) is 2. The molecule has 0 spiro atoms. The second-order valence-corrected chi connectivity index (χ2v) is 3.61. The van der Waals surface area contributed by atoms with E-state index >= 15 is 0 Å². The zero-order chi connectivity index (χ0) is 10.7. The minimum atomic E-state index is 0.00704. The van der Waals surface area contributed by atoms with Crippen LogP contribution in [-0.4, -0.2) is 30.2 Å². The summed E-state index contributed by atoms with van der Waals surface area (Å²) in [6.07, 6.45) is 1.42. The summed E-state index contributed by atoms with van der Waals surface area (Å²) in [6.45, 7) is 2.13. The van der Waals surface area contributed by atoms with Crippen LogP contribution in [0.2, 0.25) is 0 Å². The van der Waals surface area contributed by atoms with E-state index in [1.807, 2.05) is 0 Å². The molecule has 1 aliphatic heterocycles. The van der Waals surface area contributed by atoms with Crippen molar-refractivity contribution < 1.29 is 4.74 Å². The largest absolute Gasteiger partial charge is 0.384 e. The third kappa shape index (κ3) is 2.24. The molecule has 1 aromatic heterocycles. The van der Waals surface area contributed by atoms with E-state index in [2.05, 4.69) is 15.3 Å². The van der Waals surface area contributed by atoms with Crippen LogP contribution < -0.4 is 10.9 Å². The maximum absolute atomic E-state index is 11.7.